The minimum absolute atomic E-state index is 0.0798. The van der Waals surface area contributed by atoms with E-state index < -0.39 is 0 Å². The summed E-state index contributed by atoms with van der Waals surface area (Å²) in [6.07, 6.45) is 2.90. The Morgan fingerprint density at radius 3 is 2.54 bits per heavy atom. The largest absolute Gasteiger partial charge is 0.497 e. The summed E-state index contributed by atoms with van der Waals surface area (Å²) in [5.74, 6) is 1.66. The lowest BCUT2D eigenvalue weighted by Gasteiger charge is -2.05. The number of hydrogen-bond acceptors (Lipinski definition) is 6. The van der Waals surface area contributed by atoms with E-state index in [1.54, 1.807) is 7.11 Å². The minimum Gasteiger partial charge on any atom is -0.497 e. The van der Waals surface area contributed by atoms with Gasteiger partial charge >= 0.3 is 0 Å². The molecular formula is C16H17N5O3. The molecule has 0 aliphatic carbocycles. The van der Waals surface area contributed by atoms with Crippen LogP contribution in [0.15, 0.2) is 30.6 Å². The van der Waals surface area contributed by atoms with Crippen LogP contribution in [0.25, 0.3) is 11.0 Å². The molecule has 3 aromatic rings. The Labute approximate surface area is 138 Å². The molecule has 8 nitrogen and oxygen atoms in total. The first-order valence-corrected chi connectivity index (χ1v) is 7.26. The maximum absolute atomic E-state index is 12.1. The maximum atomic E-state index is 12.1. The Balaban J connectivity index is 1.74. The number of nitrogens with one attached hydrogen (secondary N) is 1. The number of carbonyl (C=O) groups is 1. The molecule has 1 N–H and O–H groups in total. The van der Waals surface area contributed by atoms with Gasteiger partial charge in [-0.3, -0.25) is 4.79 Å². The molecule has 0 saturated heterocycles. The number of aromatic nitrogens is 4. The molecule has 0 unspecified atom stereocenters. The number of rotatable bonds is 5. The van der Waals surface area contributed by atoms with Gasteiger partial charge < -0.3 is 19.4 Å². The normalized spacial score (nSPS) is 10.6. The first-order chi connectivity index (χ1) is 11.6. The standard InChI is InChI=1S/C16H17N5O3/c1-21-13-5-4-10(23-2)6-12(13)20-14(21)9-19-16(22)15-17-7-11(24-3)8-18-15/h4-8H,9H2,1-3H3,(H,19,22). The molecule has 0 radical (unpaired) electrons. The molecule has 24 heavy (non-hydrogen) atoms. The number of ether oxygens (including phenoxy) is 2. The zero-order valence-corrected chi connectivity index (χ0v) is 13.6. The molecule has 3 rings (SSSR count). The average Bonchev–Trinajstić information content (AvgIpc) is 2.95. The first-order valence-electron chi connectivity index (χ1n) is 7.26. The fourth-order valence-corrected chi connectivity index (χ4v) is 2.29. The fraction of sp³-hybridized carbons (Fsp3) is 0.250. The van der Waals surface area contributed by atoms with E-state index in [0.29, 0.717) is 5.75 Å². The van der Waals surface area contributed by atoms with Gasteiger partial charge in [0.15, 0.2) is 5.75 Å². The van der Waals surface area contributed by atoms with Gasteiger partial charge in [0, 0.05) is 13.1 Å². The maximum Gasteiger partial charge on any atom is 0.289 e. The van der Waals surface area contributed by atoms with Crippen LogP contribution in [-0.2, 0) is 13.6 Å². The monoisotopic (exact) mass is 327 g/mol. The molecular weight excluding hydrogens is 310 g/mol. The van der Waals surface area contributed by atoms with Crippen molar-refractivity contribution in [2.45, 2.75) is 6.54 Å². The van der Waals surface area contributed by atoms with Crippen molar-refractivity contribution in [1.82, 2.24) is 24.8 Å². The Hall–Kier alpha value is -3.16. The summed E-state index contributed by atoms with van der Waals surface area (Å²) in [4.78, 5) is 24.5. The van der Waals surface area contributed by atoms with Gasteiger partial charge in [-0.05, 0) is 12.1 Å². The van der Waals surface area contributed by atoms with Crippen LogP contribution in [0.1, 0.15) is 16.4 Å². The summed E-state index contributed by atoms with van der Waals surface area (Å²) in [6.45, 7) is 0.266. The smallest absolute Gasteiger partial charge is 0.289 e. The molecule has 0 fully saturated rings. The van der Waals surface area contributed by atoms with E-state index in [-0.39, 0.29) is 18.3 Å². The van der Waals surface area contributed by atoms with Crippen LogP contribution in [-0.4, -0.2) is 39.6 Å². The molecule has 124 valence electrons. The molecule has 0 bridgehead atoms. The quantitative estimate of drug-likeness (QED) is 0.760. The van der Waals surface area contributed by atoms with Crippen LogP contribution in [0.5, 0.6) is 11.5 Å². The van der Waals surface area contributed by atoms with E-state index in [0.717, 1.165) is 22.6 Å². The van der Waals surface area contributed by atoms with Crippen molar-refractivity contribution < 1.29 is 14.3 Å². The highest BCUT2D eigenvalue weighted by molar-refractivity contribution is 5.90. The molecule has 0 saturated carbocycles. The van der Waals surface area contributed by atoms with Gasteiger partial charge in [0.25, 0.3) is 5.91 Å². The zero-order chi connectivity index (χ0) is 17.1. The summed E-state index contributed by atoms with van der Waals surface area (Å²) in [6, 6.07) is 5.66. The minimum atomic E-state index is -0.373. The Morgan fingerprint density at radius 2 is 1.88 bits per heavy atom. The van der Waals surface area contributed by atoms with E-state index >= 15 is 0 Å². The highest BCUT2D eigenvalue weighted by atomic mass is 16.5. The first kappa shape index (κ1) is 15.7. The lowest BCUT2D eigenvalue weighted by molar-refractivity contribution is 0.0939. The van der Waals surface area contributed by atoms with Crippen LogP contribution >= 0.6 is 0 Å². The van der Waals surface area contributed by atoms with Crippen molar-refractivity contribution in [2.24, 2.45) is 7.05 Å². The van der Waals surface area contributed by atoms with Gasteiger partial charge in [-0.15, -0.1) is 0 Å². The molecule has 0 atom stereocenters. The van der Waals surface area contributed by atoms with E-state index in [2.05, 4.69) is 20.3 Å². The third-order valence-corrected chi connectivity index (χ3v) is 3.65. The number of imidazole rings is 1. The second kappa shape index (κ2) is 6.53. The van der Waals surface area contributed by atoms with Crippen LogP contribution < -0.4 is 14.8 Å². The van der Waals surface area contributed by atoms with Crippen LogP contribution in [0.2, 0.25) is 0 Å². The number of amides is 1. The van der Waals surface area contributed by atoms with Crippen LogP contribution in [0, 0.1) is 0 Å². The Kier molecular flexibility index (Phi) is 4.28. The zero-order valence-electron chi connectivity index (χ0n) is 13.6. The van der Waals surface area contributed by atoms with Crippen LogP contribution in [0.3, 0.4) is 0 Å². The number of hydrogen-bond donors (Lipinski definition) is 1. The van der Waals surface area contributed by atoms with E-state index in [1.807, 2.05) is 29.8 Å². The third-order valence-electron chi connectivity index (χ3n) is 3.65. The molecule has 1 amide bonds. The fourth-order valence-electron chi connectivity index (χ4n) is 2.29. The number of aryl methyl sites for hydroxylation is 1. The van der Waals surface area contributed by atoms with Crippen LogP contribution in [0.4, 0.5) is 0 Å². The number of benzene rings is 1. The molecule has 2 aromatic heterocycles. The average molecular weight is 327 g/mol. The highest BCUT2D eigenvalue weighted by Gasteiger charge is 2.12. The summed E-state index contributed by atoms with van der Waals surface area (Å²) in [5, 5.41) is 2.76. The Bertz CT molecular complexity index is 873. The van der Waals surface area contributed by atoms with E-state index in [4.69, 9.17) is 9.47 Å². The van der Waals surface area contributed by atoms with Gasteiger partial charge in [0.1, 0.15) is 11.6 Å². The Morgan fingerprint density at radius 1 is 1.17 bits per heavy atom. The topological polar surface area (TPSA) is 91.2 Å². The predicted molar refractivity (Wildman–Crippen MR) is 87.0 cm³/mol. The summed E-state index contributed by atoms with van der Waals surface area (Å²) in [7, 11) is 5.02. The van der Waals surface area contributed by atoms with Crippen molar-refractivity contribution in [3.05, 3.63) is 42.2 Å². The SMILES string of the molecule is COc1cnc(C(=O)NCc2nc3cc(OC)ccc3n2C)nc1. The molecule has 0 spiro atoms. The lowest BCUT2D eigenvalue weighted by atomic mass is 10.3. The van der Waals surface area contributed by atoms with Crippen molar-refractivity contribution in [3.63, 3.8) is 0 Å². The predicted octanol–water partition coefficient (Wildman–Crippen LogP) is 1.31. The van der Waals surface area contributed by atoms with Crippen molar-refractivity contribution in [1.29, 1.82) is 0 Å². The highest BCUT2D eigenvalue weighted by Crippen LogP contribution is 2.20. The summed E-state index contributed by atoms with van der Waals surface area (Å²) >= 11 is 0. The summed E-state index contributed by atoms with van der Waals surface area (Å²) in [5.41, 5.74) is 1.77. The summed E-state index contributed by atoms with van der Waals surface area (Å²) < 4.78 is 12.1. The van der Waals surface area contributed by atoms with Gasteiger partial charge in [0.2, 0.25) is 5.82 Å². The third kappa shape index (κ3) is 2.98. The molecule has 0 aliphatic heterocycles. The number of nitrogens with zero attached hydrogens (tertiary/aromatic N) is 4. The molecule has 0 aliphatic rings. The van der Waals surface area contributed by atoms with Gasteiger partial charge in [-0.25, -0.2) is 15.0 Å². The van der Waals surface area contributed by atoms with Gasteiger partial charge in [-0.2, -0.15) is 0 Å². The number of fused-ring (bicyclic) bond motifs is 1. The second-order valence-corrected chi connectivity index (χ2v) is 5.07. The van der Waals surface area contributed by atoms with Crippen molar-refractivity contribution in [3.8, 4) is 11.5 Å². The van der Waals surface area contributed by atoms with Crippen molar-refractivity contribution in [2.75, 3.05) is 14.2 Å². The van der Waals surface area contributed by atoms with Gasteiger partial charge in [-0.1, -0.05) is 0 Å². The van der Waals surface area contributed by atoms with Gasteiger partial charge in [0.05, 0.1) is 44.2 Å². The lowest BCUT2D eigenvalue weighted by Crippen LogP contribution is -2.26. The molecule has 1 aromatic carbocycles. The molecule has 8 heteroatoms. The van der Waals surface area contributed by atoms with Crippen molar-refractivity contribution >= 4 is 16.9 Å². The van der Waals surface area contributed by atoms with E-state index in [1.165, 1.54) is 19.5 Å². The van der Waals surface area contributed by atoms with E-state index in [9.17, 15) is 4.79 Å². The number of carbonyl (C=O) groups excluding carboxylic acids is 1. The molecule has 2 heterocycles. The number of methoxy groups -OCH3 is 2. The second-order valence-electron chi connectivity index (χ2n) is 5.07.